The summed E-state index contributed by atoms with van der Waals surface area (Å²) >= 11 is 0. The molecule has 0 unspecified atom stereocenters. The van der Waals surface area contributed by atoms with E-state index >= 15 is 0 Å². The minimum atomic E-state index is -0.116. The smallest absolute Gasteiger partial charge is 0.258 e. The summed E-state index contributed by atoms with van der Waals surface area (Å²) in [7, 11) is 0. The Morgan fingerprint density at radius 2 is 1.75 bits per heavy atom. The molecule has 1 fully saturated rings. The number of rotatable bonds is 5. The van der Waals surface area contributed by atoms with Gasteiger partial charge >= 0.3 is 0 Å². The molecule has 0 saturated carbocycles. The van der Waals surface area contributed by atoms with Crippen LogP contribution < -0.4 is 5.56 Å². The zero-order valence-electron chi connectivity index (χ0n) is 15.9. The first-order valence-electron chi connectivity index (χ1n) is 10.0. The van der Waals surface area contributed by atoms with Crippen LogP contribution in [-0.2, 0) is 11.2 Å². The normalized spacial score (nSPS) is 15.1. The Kier molecular flexibility index (Phi) is 5.51. The Morgan fingerprint density at radius 3 is 2.54 bits per heavy atom. The number of benzene rings is 2. The van der Waals surface area contributed by atoms with Gasteiger partial charge in [0.25, 0.3) is 5.56 Å². The Morgan fingerprint density at radius 1 is 1.04 bits per heavy atom. The molecule has 0 spiro atoms. The van der Waals surface area contributed by atoms with Crippen molar-refractivity contribution in [3.63, 3.8) is 0 Å². The first-order chi connectivity index (χ1) is 13.7. The molecule has 1 aliphatic heterocycles. The van der Waals surface area contributed by atoms with Crippen LogP contribution in [0.25, 0.3) is 10.9 Å². The summed E-state index contributed by atoms with van der Waals surface area (Å²) in [6, 6.07) is 17.9. The van der Waals surface area contributed by atoms with E-state index in [1.807, 2.05) is 29.2 Å². The number of carbonyl (C=O) groups is 1. The van der Waals surface area contributed by atoms with Gasteiger partial charge in [-0.2, -0.15) is 0 Å². The number of amides is 1. The Balaban J connectivity index is 1.28. The lowest BCUT2D eigenvalue weighted by Crippen LogP contribution is -2.37. The van der Waals surface area contributed by atoms with Crippen LogP contribution in [0.2, 0.25) is 0 Å². The molecule has 0 bridgehead atoms. The van der Waals surface area contributed by atoms with Crippen molar-refractivity contribution in [3.8, 4) is 0 Å². The number of piperidine rings is 1. The number of para-hydroxylation sites is 1. The van der Waals surface area contributed by atoms with Crippen molar-refractivity contribution < 1.29 is 4.79 Å². The van der Waals surface area contributed by atoms with Gasteiger partial charge in [0.1, 0.15) is 5.82 Å². The summed E-state index contributed by atoms with van der Waals surface area (Å²) < 4.78 is 0. The fourth-order valence-electron chi connectivity index (χ4n) is 4.01. The van der Waals surface area contributed by atoms with E-state index in [-0.39, 0.29) is 11.5 Å². The summed E-state index contributed by atoms with van der Waals surface area (Å²) in [5.74, 6) is 1.41. The number of aromatic nitrogens is 2. The molecule has 1 aliphatic rings. The number of fused-ring (bicyclic) bond motifs is 1. The zero-order valence-corrected chi connectivity index (χ0v) is 15.9. The molecular formula is C23H25N3O2. The van der Waals surface area contributed by atoms with Crippen molar-refractivity contribution in [2.24, 2.45) is 0 Å². The fraction of sp³-hybridized carbons (Fsp3) is 0.348. The first kappa shape index (κ1) is 18.4. The summed E-state index contributed by atoms with van der Waals surface area (Å²) in [5.41, 5.74) is 1.96. The van der Waals surface area contributed by atoms with Crippen molar-refractivity contribution in [3.05, 3.63) is 76.3 Å². The summed E-state index contributed by atoms with van der Waals surface area (Å²) in [4.78, 5) is 34.0. The van der Waals surface area contributed by atoms with Crippen molar-refractivity contribution in [2.45, 2.75) is 38.0 Å². The first-order valence-corrected chi connectivity index (χ1v) is 10.0. The quantitative estimate of drug-likeness (QED) is 0.740. The van der Waals surface area contributed by atoms with Gasteiger partial charge in [-0.1, -0.05) is 42.5 Å². The van der Waals surface area contributed by atoms with Gasteiger partial charge in [-0.3, -0.25) is 9.59 Å². The number of nitrogens with zero attached hydrogens (tertiary/aromatic N) is 2. The number of aryl methyl sites for hydroxylation is 1. The van der Waals surface area contributed by atoms with Crippen LogP contribution in [-0.4, -0.2) is 33.9 Å². The number of likely N-dealkylation sites (tertiary alicyclic amines) is 1. The molecule has 0 radical (unpaired) electrons. The van der Waals surface area contributed by atoms with Gasteiger partial charge in [-0.15, -0.1) is 0 Å². The van der Waals surface area contributed by atoms with Crippen molar-refractivity contribution in [1.29, 1.82) is 0 Å². The highest BCUT2D eigenvalue weighted by atomic mass is 16.2. The molecule has 2 heterocycles. The van der Waals surface area contributed by atoms with E-state index in [1.165, 1.54) is 5.56 Å². The van der Waals surface area contributed by atoms with E-state index in [4.69, 9.17) is 0 Å². The van der Waals surface area contributed by atoms with Gasteiger partial charge in [-0.25, -0.2) is 4.98 Å². The maximum absolute atomic E-state index is 12.5. The van der Waals surface area contributed by atoms with Crippen molar-refractivity contribution in [2.75, 3.05) is 13.1 Å². The minimum Gasteiger partial charge on any atom is -0.343 e. The standard InChI is InChI=1S/C23H25N3O2/c27-22(26-15-13-18(14-16-26)17-7-2-1-3-8-17)12-6-11-21-24-20-10-5-4-9-19(20)23(28)25-21/h1-5,7-10,18H,6,11-16H2,(H,24,25,28). The van der Waals surface area contributed by atoms with Crippen LogP contribution in [0, 0.1) is 0 Å². The topological polar surface area (TPSA) is 66.1 Å². The molecule has 3 aromatic rings. The number of nitrogens with one attached hydrogen (secondary N) is 1. The second kappa shape index (κ2) is 8.38. The lowest BCUT2D eigenvalue weighted by Gasteiger charge is -2.32. The molecule has 2 aromatic carbocycles. The van der Waals surface area contributed by atoms with Crippen LogP contribution in [0.4, 0.5) is 0 Å². The third-order valence-electron chi connectivity index (χ3n) is 5.58. The summed E-state index contributed by atoms with van der Waals surface area (Å²) in [5, 5.41) is 0.601. The molecule has 1 amide bonds. The largest absolute Gasteiger partial charge is 0.343 e. The summed E-state index contributed by atoms with van der Waals surface area (Å²) in [6.45, 7) is 1.65. The highest BCUT2D eigenvalue weighted by molar-refractivity contribution is 5.77. The number of carbonyl (C=O) groups excluding carboxylic acids is 1. The SMILES string of the molecule is O=C(CCCc1nc2ccccc2c(=O)[nH]1)N1CCC(c2ccccc2)CC1. The Labute approximate surface area is 164 Å². The van der Waals surface area contributed by atoms with Crippen LogP contribution in [0.5, 0.6) is 0 Å². The lowest BCUT2D eigenvalue weighted by atomic mass is 9.89. The Hall–Kier alpha value is -2.95. The molecule has 4 rings (SSSR count). The molecule has 5 heteroatoms. The Bertz CT molecular complexity index is 1010. The minimum absolute atomic E-state index is 0.116. The molecule has 28 heavy (non-hydrogen) atoms. The van der Waals surface area contributed by atoms with Crippen LogP contribution in [0.15, 0.2) is 59.4 Å². The van der Waals surface area contributed by atoms with Crippen molar-refractivity contribution in [1.82, 2.24) is 14.9 Å². The highest BCUT2D eigenvalue weighted by Gasteiger charge is 2.23. The zero-order chi connectivity index (χ0) is 19.3. The van der Waals surface area contributed by atoms with Crippen molar-refractivity contribution >= 4 is 16.8 Å². The van der Waals surface area contributed by atoms with Crippen LogP contribution in [0.3, 0.4) is 0 Å². The number of H-pyrrole nitrogens is 1. The van der Waals surface area contributed by atoms with Gasteiger partial charge in [0.15, 0.2) is 0 Å². The molecule has 0 atom stereocenters. The van der Waals surface area contributed by atoms with E-state index in [2.05, 4.69) is 34.2 Å². The lowest BCUT2D eigenvalue weighted by molar-refractivity contribution is -0.132. The van der Waals surface area contributed by atoms with Gasteiger partial charge in [0, 0.05) is 25.9 Å². The van der Waals surface area contributed by atoms with E-state index in [1.54, 1.807) is 6.07 Å². The van der Waals surface area contributed by atoms with E-state index < -0.39 is 0 Å². The average Bonchev–Trinajstić information content (AvgIpc) is 2.74. The van der Waals surface area contributed by atoms with Gasteiger partial charge in [0.2, 0.25) is 5.91 Å². The monoisotopic (exact) mass is 375 g/mol. The molecular weight excluding hydrogens is 350 g/mol. The molecule has 5 nitrogen and oxygen atoms in total. The van der Waals surface area contributed by atoms with Gasteiger partial charge < -0.3 is 9.88 Å². The predicted molar refractivity (Wildman–Crippen MR) is 110 cm³/mol. The maximum Gasteiger partial charge on any atom is 0.258 e. The van der Waals surface area contributed by atoms with Crippen LogP contribution >= 0.6 is 0 Å². The third-order valence-corrected chi connectivity index (χ3v) is 5.58. The summed E-state index contributed by atoms with van der Waals surface area (Å²) in [6.07, 6.45) is 3.84. The van der Waals surface area contributed by atoms with E-state index in [0.717, 1.165) is 25.9 Å². The molecule has 1 aromatic heterocycles. The highest BCUT2D eigenvalue weighted by Crippen LogP contribution is 2.28. The number of hydrogen-bond acceptors (Lipinski definition) is 3. The average molecular weight is 375 g/mol. The second-order valence-corrected chi connectivity index (χ2v) is 7.45. The van der Waals surface area contributed by atoms with Gasteiger partial charge in [0.05, 0.1) is 10.9 Å². The molecule has 144 valence electrons. The van der Waals surface area contributed by atoms with E-state index in [9.17, 15) is 9.59 Å². The number of hydrogen-bond donors (Lipinski definition) is 1. The predicted octanol–water partition coefficient (Wildman–Crippen LogP) is 3.65. The fourth-order valence-corrected chi connectivity index (χ4v) is 4.01. The number of aromatic amines is 1. The molecule has 1 N–H and O–H groups in total. The molecule has 1 saturated heterocycles. The maximum atomic E-state index is 12.5. The van der Waals surface area contributed by atoms with E-state index in [0.29, 0.717) is 41.9 Å². The van der Waals surface area contributed by atoms with Crippen LogP contribution in [0.1, 0.15) is 43.0 Å². The molecule has 0 aliphatic carbocycles. The second-order valence-electron chi connectivity index (χ2n) is 7.45. The third kappa shape index (κ3) is 4.14. The van der Waals surface area contributed by atoms with Gasteiger partial charge in [-0.05, 0) is 42.9 Å².